The molecule has 0 aliphatic carbocycles. The molecule has 2 nitrogen and oxygen atoms in total. The monoisotopic (exact) mass is 181 g/mol. The van der Waals surface area contributed by atoms with E-state index >= 15 is 0 Å². The van der Waals surface area contributed by atoms with Crippen LogP contribution in [0.4, 0.5) is 0 Å². The van der Waals surface area contributed by atoms with Crippen LogP contribution >= 0.6 is 0 Å². The number of nitriles is 2. The van der Waals surface area contributed by atoms with Gasteiger partial charge in [0.25, 0.3) is 0 Å². The minimum Gasteiger partial charge on any atom is -0.202 e. The first-order valence-electron chi connectivity index (χ1n) is 0.516. The van der Waals surface area contributed by atoms with E-state index in [9.17, 15) is 0 Å². The van der Waals surface area contributed by atoms with Gasteiger partial charge in [0, 0.05) is 49.7 Å². The average molecular weight is 183 g/mol. The van der Waals surface area contributed by atoms with Gasteiger partial charge in [0.1, 0.15) is 0 Å². The molecule has 0 amide bonds. The first-order chi connectivity index (χ1) is 2.00. The van der Waals surface area contributed by atoms with Crippen LogP contribution in [0.3, 0.4) is 0 Å². The Balaban J connectivity index is -0.00000000500. The van der Waals surface area contributed by atoms with Crippen molar-refractivity contribution in [2.45, 2.75) is 0 Å². The van der Waals surface area contributed by atoms with Gasteiger partial charge >= 0.3 is 0 Å². The van der Waals surface area contributed by atoms with Crippen LogP contribution in [0.2, 0.25) is 0 Å². The molecule has 0 atom stereocenters. The number of hydrogen-bond donors (Lipinski definition) is 0. The molecule has 0 spiro atoms. The van der Waals surface area contributed by atoms with Gasteiger partial charge in [0.2, 0.25) is 0 Å². The van der Waals surface area contributed by atoms with Gasteiger partial charge in [-0.3, -0.25) is 0 Å². The van der Waals surface area contributed by atoms with Crippen molar-refractivity contribution >= 4 is 0 Å². The summed E-state index contributed by atoms with van der Waals surface area (Å²) < 4.78 is 0. The summed E-state index contributed by atoms with van der Waals surface area (Å²) in [6, 6.07) is 0. The summed E-state index contributed by atoms with van der Waals surface area (Å²) in [7, 11) is 0. The molecule has 0 rings (SSSR count). The quantitative estimate of drug-likeness (QED) is 0.506. The normalized spacial score (nSPS) is 0.667. The maximum absolute atomic E-state index is 6.50. The van der Waals surface area contributed by atoms with Crippen LogP contribution in [0.25, 0.3) is 0 Å². The van der Waals surface area contributed by atoms with Gasteiger partial charge in [-0.15, -0.1) is 0 Å². The molecular formula is C2H2CuN2Zn. The Bertz CT molecular complexity index is 27.0. The predicted molar refractivity (Wildman–Crippen MR) is 13.3 cm³/mol. The summed E-state index contributed by atoms with van der Waals surface area (Å²) in [4.78, 5) is 0. The Morgan fingerprint density at radius 1 is 0.833 bits per heavy atom. The van der Waals surface area contributed by atoms with Crippen molar-refractivity contribution in [3.63, 3.8) is 0 Å². The van der Waals surface area contributed by atoms with E-state index < -0.39 is 0 Å². The minimum absolute atomic E-state index is 0. The molecule has 6 heavy (non-hydrogen) atoms. The molecule has 4 heteroatoms. The van der Waals surface area contributed by atoms with Gasteiger partial charge in [0.05, 0.1) is 0 Å². The molecule has 0 aromatic heterocycles. The Kier molecular flexibility index (Phi) is 34300. The molecule has 0 aliphatic rings. The first kappa shape index (κ1) is 35.7. The molecule has 0 aromatic carbocycles. The number of nitrogens with zero attached hydrogens (tertiary/aromatic N) is 2. The van der Waals surface area contributed by atoms with Crippen molar-refractivity contribution < 1.29 is 36.5 Å². The van der Waals surface area contributed by atoms with E-state index in [0.29, 0.717) is 0 Å². The van der Waals surface area contributed by atoms with Crippen molar-refractivity contribution in [3.05, 3.63) is 0 Å². The Labute approximate surface area is 60.4 Å². The summed E-state index contributed by atoms with van der Waals surface area (Å²) in [5.41, 5.74) is 0. The van der Waals surface area contributed by atoms with E-state index in [2.05, 4.69) is 13.1 Å². The summed E-state index contributed by atoms with van der Waals surface area (Å²) in [5.74, 6) is 0. The van der Waals surface area contributed by atoms with Crippen LogP contribution in [0, 0.1) is 23.7 Å². The minimum atomic E-state index is 0. The van der Waals surface area contributed by atoms with Crippen LogP contribution in [-0.2, 0) is 36.5 Å². The third-order valence-electron chi connectivity index (χ3n) is 0. The van der Waals surface area contributed by atoms with E-state index in [1.165, 1.54) is 0 Å². The van der Waals surface area contributed by atoms with Crippen molar-refractivity contribution in [1.82, 2.24) is 0 Å². The van der Waals surface area contributed by atoms with Crippen molar-refractivity contribution in [2.75, 3.05) is 0 Å². The summed E-state index contributed by atoms with van der Waals surface area (Å²) in [5, 5.41) is 13.0. The predicted octanol–water partition coefficient (Wildman–Crippen LogP) is 0.275. The van der Waals surface area contributed by atoms with Gasteiger partial charge in [-0.2, -0.15) is 0 Å². The van der Waals surface area contributed by atoms with E-state index in [4.69, 9.17) is 10.5 Å². The zero-order valence-electron chi connectivity index (χ0n) is 3.06. The van der Waals surface area contributed by atoms with Crippen LogP contribution < -0.4 is 0 Å². The fraction of sp³-hybridized carbons (Fsp3) is 0. The second kappa shape index (κ2) is 5770. The van der Waals surface area contributed by atoms with Crippen LogP contribution in [-0.4, -0.2) is 0 Å². The van der Waals surface area contributed by atoms with Crippen molar-refractivity contribution in [3.8, 4) is 13.1 Å². The van der Waals surface area contributed by atoms with Crippen LogP contribution in [0.1, 0.15) is 0 Å². The van der Waals surface area contributed by atoms with Gasteiger partial charge in [-0.1, -0.05) is 0 Å². The topological polar surface area (TPSA) is 47.6 Å². The summed E-state index contributed by atoms with van der Waals surface area (Å²) in [6.45, 7) is 7.00. The van der Waals surface area contributed by atoms with Crippen LogP contribution in [0.5, 0.6) is 0 Å². The average Bonchev–Trinajstić information content (AvgIpc) is 1.50. The molecule has 1 radical (unpaired) electrons. The molecule has 0 aliphatic heterocycles. The molecule has 0 heterocycles. The fourth-order valence-corrected chi connectivity index (χ4v) is 0. The van der Waals surface area contributed by atoms with Gasteiger partial charge in [0.15, 0.2) is 0 Å². The fourth-order valence-electron chi connectivity index (χ4n) is 0. The SMILES string of the molecule is C#N.C#N.[Cu].[Zn]. The molecule has 0 aromatic rings. The molecule has 0 fully saturated rings. The van der Waals surface area contributed by atoms with Crippen molar-refractivity contribution in [2.24, 2.45) is 0 Å². The largest absolute Gasteiger partial charge is 0.202 e. The molecular weight excluding hydrogens is 181 g/mol. The molecule has 0 saturated heterocycles. The Morgan fingerprint density at radius 3 is 0.833 bits per heavy atom. The third kappa shape index (κ3) is 2660. The van der Waals surface area contributed by atoms with E-state index in [0.717, 1.165) is 0 Å². The molecule has 0 unspecified atom stereocenters. The summed E-state index contributed by atoms with van der Waals surface area (Å²) >= 11 is 0. The zero-order chi connectivity index (χ0) is 4.00. The maximum Gasteiger partial charge on any atom is 0.0462 e. The molecule has 0 saturated carbocycles. The second-order valence-corrected chi connectivity index (χ2v) is 0. The standard InChI is InChI=1S/2CHN.Cu.Zn/c2*1-2;;/h2*1H;;. The molecule has 33 valence electrons. The number of hydrogen-bond acceptors (Lipinski definition) is 2. The maximum atomic E-state index is 6.50. The van der Waals surface area contributed by atoms with E-state index in [1.54, 1.807) is 0 Å². The smallest absolute Gasteiger partial charge is 0.0462 e. The zero-order valence-corrected chi connectivity index (χ0v) is 6.97. The van der Waals surface area contributed by atoms with Gasteiger partial charge < -0.3 is 0 Å². The Hall–Kier alpha value is 0.123. The first-order valence-corrected chi connectivity index (χ1v) is 0.516. The van der Waals surface area contributed by atoms with Crippen molar-refractivity contribution in [1.29, 1.82) is 10.5 Å². The van der Waals surface area contributed by atoms with Crippen LogP contribution in [0.15, 0.2) is 0 Å². The number of rotatable bonds is 0. The second-order valence-electron chi connectivity index (χ2n) is 0. The third-order valence-corrected chi connectivity index (χ3v) is 0. The van der Waals surface area contributed by atoms with E-state index in [-0.39, 0.29) is 36.5 Å². The van der Waals surface area contributed by atoms with E-state index in [1.807, 2.05) is 0 Å². The Morgan fingerprint density at radius 2 is 0.833 bits per heavy atom. The summed E-state index contributed by atoms with van der Waals surface area (Å²) in [6.07, 6.45) is 0. The molecule has 0 bridgehead atoms. The van der Waals surface area contributed by atoms with Gasteiger partial charge in [-0.25, -0.2) is 10.5 Å². The molecule has 0 N–H and O–H groups in total. The van der Waals surface area contributed by atoms with Gasteiger partial charge in [-0.05, 0) is 0 Å².